The highest BCUT2D eigenvalue weighted by molar-refractivity contribution is 7.26. The number of thiophene rings is 1. The van der Waals surface area contributed by atoms with Crippen LogP contribution in [-0.4, -0.2) is 6.71 Å². The van der Waals surface area contributed by atoms with Crippen molar-refractivity contribution in [2.45, 2.75) is 131 Å². The van der Waals surface area contributed by atoms with E-state index in [1.165, 1.54) is 70.1 Å². The molecule has 0 saturated heterocycles. The number of hydrogen-bond donors (Lipinski definition) is 0. The van der Waals surface area contributed by atoms with Crippen LogP contribution in [0.15, 0.2) is 164 Å². The van der Waals surface area contributed by atoms with Gasteiger partial charge >= 0.3 is 0 Å². The van der Waals surface area contributed by atoms with Crippen LogP contribution < -0.4 is 31.1 Å². The number of hydrogen-bond acceptors (Lipinski definition) is 4. The van der Waals surface area contributed by atoms with E-state index in [-0.39, 0.29) is 33.8 Å². The summed E-state index contributed by atoms with van der Waals surface area (Å²) >= 11 is 1.89. The highest BCUT2D eigenvalue weighted by Crippen LogP contribution is 2.53. The van der Waals surface area contributed by atoms with Crippen molar-refractivity contribution in [1.82, 2.24) is 0 Å². The molecule has 0 amide bonds. The largest absolute Gasteiger partial charge is 0.311 e. The molecule has 2 aliphatic rings. The molecule has 0 aliphatic carbocycles. The lowest BCUT2D eigenvalue weighted by molar-refractivity contribution is 0.590. The molecule has 3 heterocycles. The summed E-state index contributed by atoms with van der Waals surface area (Å²) in [5, 5.41) is 2.47. The first-order chi connectivity index (χ1) is 34.8. The molecule has 0 saturated carbocycles. The van der Waals surface area contributed by atoms with Crippen molar-refractivity contribution in [3.05, 3.63) is 192 Å². The Morgan fingerprint density at radius 2 is 0.877 bits per heavy atom. The van der Waals surface area contributed by atoms with Crippen molar-refractivity contribution in [3.63, 3.8) is 0 Å². The first-order valence-electron chi connectivity index (χ1n) is 26.9. The molecule has 73 heavy (non-hydrogen) atoms. The minimum atomic E-state index is -0.168. The van der Waals surface area contributed by atoms with Crippen LogP contribution in [0.5, 0.6) is 0 Å². The molecule has 11 rings (SSSR count). The Kier molecular flexibility index (Phi) is 11.0. The van der Waals surface area contributed by atoms with Gasteiger partial charge < -0.3 is 14.7 Å². The van der Waals surface area contributed by atoms with Crippen molar-refractivity contribution in [1.29, 1.82) is 0 Å². The second kappa shape index (κ2) is 17.0. The Morgan fingerprint density at radius 3 is 1.37 bits per heavy atom. The molecular formula is C68H72BN3S. The zero-order chi connectivity index (χ0) is 52.6. The van der Waals surface area contributed by atoms with E-state index in [2.05, 4.69) is 276 Å². The van der Waals surface area contributed by atoms with Gasteiger partial charge in [0.25, 0.3) is 6.71 Å². The summed E-state index contributed by atoms with van der Waals surface area (Å²) in [5.41, 5.74) is 20.1. The third kappa shape index (κ3) is 8.37. The molecule has 0 fully saturated rings. The normalized spacial score (nSPS) is 14.1. The fourth-order valence-corrected chi connectivity index (χ4v) is 12.5. The van der Waals surface area contributed by atoms with Crippen LogP contribution in [-0.2, 0) is 27.1 Å². The molecule has 0 bridgehead atoms. The lowest BCUT2D eigenvalue weighted by atomic mass is 9.33. The summed E-state index contributed by atoms with van der Waals surface area (Å²) in [6.45, 7) is 34.3. The van der Waals surface area contributed by atoms with Crippen LogP contribution >= 0.6 is 11.3 Å². The highest BCUT2D eigenvalue weighted by atomic mass is 32.1. The van der Waals surface area contributed by atoms with E-state index in [1.807, 2.05) is 11.3 Å². The average Bonchev–Trinajstić information content (AvgIpc) is 3.77. The van der Waals surface area contributed by atoms with Crippen molar-refractivity contribution < 1.29 is 1.37 Å². The molecular weight excluding hydrogens is 902 g/mol. The monoisotopic (exact) mass is 975 g/mol. The topological polar surface area (TPSA) is 9.72 Å². The maximum absolute atomic E-state index is 9.78. The van der Waals surface area contributed by atoms with Gasteiger partial charge in [-0.05, 0) is 150 Å². The lowest BCUT2D eigenvalue weighted by Gasteiger charge is -2.45. The van der Waals surface area contributed by atoms with E-state index in [1.54, 1.807) is 0 Å². The molecule has 0 N–H and O–H groups in total. The van der Waals surface area contributed by atoms with E-state index < -0.39 is 0 Å². The van der Waals surface area contributed by atoms with Gasteiger partial charge in [-0.2, -0.15) is 0 Å². The molecule has 2 aliphatic heterocycles. The zero-order valence-corrected chi connectivity index (χ0v) is 46.7. The Bertz CT molecular complexity index is 3570. The molecule has 3 nitrogen and oxygen atoms in total. The average molecular weight is 975 g/mol. The molecule has 0 radical (unpaired) electrons. The van der Waals surface area contributed by atoms with Crippen molar-refractivity contribution >= 4 is 106 Å². The predicted molar refractivity (Wildman–Crippen MR) is 322 cm³/mol. The molecule has 0 unspecified atom stereocenters. The van der Waals surface area contributed by atoms with Gasteiger partial charge in [0.2, 0.25) is 0 Å². The Balaban J connectivity index is 1.29. The van der Waals surface area contributed by atoms with Gasteiger partial charge in [-0.25, -0.2) is 0 Å². The Hall–Kier alpha value is -6.56. The quantitative estimate of drug-likeness (QED) is 0.159. The summed E-state index contributed by atoms with van der Waals surface area (Å²) in [7, 11) is 0. The van der Waals surface area contributed by atoms with Crippen LogP contribution in [0, 0.1) is 0 Å². The van der Waals surface area contributed by atoms with Gasteiger partial charge in [-0.1, -0.05) is 189 Å². The molecule has 9 aromatic rings. The van der Waals surface area contributed by atoms with Crippen LogP contribution in [0.4, 0.5) is 51.2 Å². The summed E-state index contributed by atoms with van der Waals surface area (Å²) in [5.74, 6) is 0. The third-order valence-electron chi connectivity index (χ3n) is 15.6. The first-order valence-corrected chi connectivity index (χ1v) is 27.2. The van der Waals surface area contributed by atoms with Gasteiger partial charge in [0.1, 0.15) is 0 Å². The van der Waals surface area contributed by atoms with E-state index >= 15 is 0 Å². The third-order valence-corrected chi connectivity index (χ3v) is 16.8. The van der Waals surface area contributed by atoms with Gasteiger partial charge in [-0.3, -0.25) is 0 Å². The smallest absolute Gasteiger partial charge is 0.252 e. The van der Waals surface area contributed by atoms with E-state index in [9.17, 15) is 1.37 Å². The van der Waals surface area contributed by atoms with Crippen LogP contribution in [0.2, 0.25) is 0 Å². The number of rotatable bonds is 5. The molecule has 1 aromatic heterocycles. The second-order valence-electron chi connectivity index (χ2n) is 25.9. The number of benzene rings is 8. The summed E-state index contributed by atoms with van der Waals surface area (Å²) in [6, 6.07) is 60.6. The van der Waals surface area contributed by atoms with Crippen LogP contribution in [0.25, 0.3) is 20.2 Å². The molecule has 368 valence electrons. The summed E-state index contributed by atoms with van der Waals surface area (Å²) in [4.78, 5) is 7.51. The van der Waals surface area contributed by atoms with Gasteiger partial charge in [0, 0.05) is 55.3 Å². The van der Waals surface area contributed by atoms with Gasteiger partial charge in [-0.15, -0.1) is 11.3 Å². The maximum atomic E-state index is 9.78. The van der Waals surface area contributed by atoms with Crippen LogP contribution in [0.1, 0.15) is 133 Å². The summed E-state index contributed by atoms with van der Waals surface area (Å²) < 4.78 is 12.3. The fourth-order valence-electron chi connectivity index (χ4n) is 11.3. The molecule has 0 spiro atoms. The first kappa shape index (κ1) is 47.4. The molecule has 5 heteroatoms. The van der Waals surface area contributed by atoms with Gasteiger partial charge in [0.15, 0.2) is 0 Å². The standard InChI is InChI=1S/C68H72BN3S/c1-64(2,3)43-23-32-48(33-24-43)70(49-34-25-44(26-35-49)65(4,5)6)58-42-54-62(60-52-19-16-17-22-59(52)73-63(58)60)72(51-38-29-46(30-39-51)67(10,11)12)57-21-18-20-56-61(57)69(54)53-41-47(68(13,14)15)31-40-55(53)71(56)50-36-27-45(28-37-50)66(7,8)9/h16-42H,1-15H3/i18D. The van der Waals surface area contributed by atoms with E-state index in [0.717, 1.165) is 45.5 Å². The summed E-state index contributed by atoms with van der Waals surface area (Å²) in [6.07, 6.45) is 0. The van der Waals surface area contributed by atoms with Crippen molar-refractivity contribution in [3.8, 4) is 0 Å². The number of nitrogens with zero attached hydrogens (tertiary/aromatic N) is 3. The molecule has 8 aromatic carbocycles. The Labute approximate surface area is 442 Å². The molecule has 0 atom stereocenters. The van der Waals surface area contributed by atoms with E-state index in [4.69, 9.17) is 0 Å². The SMILES string of the molecule is [2H]c1cc2c3c(c1)N(c1ccc(C(C)(C)C)cc1)c1c(cc(N(c4ccc(C(C)(C)C)cc4)c4ccc(C(C)(C)C)cc4)c4sc5ccccc5c14)B3c1cc(C(C)(C)C)ccc1N2c1ccc(C(C)(C)C)cc1. The van der Waals surface area contributed by atoms with Crippen LogP contribution in [0.3, 0.4) is 0 Å². The number of fused-ring (bicyclic) bond motifs is 8. The minimum Gasteiger partial charge on any atom is -0.311 e. The maximum Gasteiger partial charge on any atom is 0.252 e. The Morgan fingerprint density at radius 1 is 0.438 bits per heavy atom. The number of anilines is 9. The zero-order valence-electron chi connectivity index (χ0n) is 46.8. The minimum absolute atomic E-state index is 0.00360. The van der Waals surface area contributed by atoms with E-state index in [0.29, 0.717) is 6.04 Å². The second-order valence-corrected chi connectivity index (χ2v) is 27.0. The fraction of sp³-hybridized carbons (Fsp3) is 0.294. The van der Waals surface area contributed by atoms with Gasteiger partial charge in [0.05, 0.1) is 17.4 Å². The predicted octanol–water partition coefficient (Wildman–Crippen LogP) is 18.1. The highest BCUT2D eigenvalue weighted by Gasteiger charge is 2.45. The van der Waals surface area contributed by atoms with Crippen molar-refractivity contribution in [2.75, 3.05) is 14.7 Å². The lowest BCUT2D eigenvalue weighted by Crippen LogP contribution is -2.61. The van der Waals surface area contributed by atoms with Crippen molar-refractivity contribution in [2.24, 2.45) is 0 Å².